The van der Waals surface area contributed by atoms with E-state index in [4.69, 9.17) is 11.6 Å². The van der Waals surface area contributed by atoms with E-state index < -0.39 is 16.1 Å². The second-order valence-electron chi connectivity index (χ2n) is 5.85. The molecule has 1 aromatic rings. The third-order valence-corrected chi connectivity index (χ3v) is 4.94. The van der Waals surface area contributed by atoms with Crippen LogP contribution in [0.2, 0.25) is 5.02 Å². The Morgan fingerprint density at radius 1 is 1.40 bits per heavy atom. The Morgan fingerprint density at radius 2 is 2.00 bits per heavy atom. The van der Waals surface area contributed by atoms with E-state index in [0.717, 1.165) is 0 Å². The molecular weight excluding hydrogens is 366 g/mol. The lowest BCUT2D eigenvalue weighted by atomic mass is 9.89. The van der Waals surface area contributed by atoms with Gasteiger partial charge in [-0.15, -0.1) is 0 Å². The first-order chi connectivity index (χ1) is 9.01. The van der Waals surface area contributed by atoms with Gasteiger partial charge < -0.3 is 5.11 Å². The van der Waals surface area contributed by atoms with Crippen molar-refractivity contribution in [3.8, 4) is 0 Å². The number of nitrogens with one attached hydrogen (secondary N) is 1. The van der Waals surface area contributed by atoms with Gasteiger partial charge in [0.15, 0.2) is 0 Å². The Hall–Kier alpha value is -0.140. The Balaban J connectivity index is 2.76. The van der Waals surface area contributed by atoms with Crippen molar-refractivity contribution in [2.45, 2.75) is 38.2 Å². The van der Waals surface area contributed by atoms with Gasteiger partial charge in [0.2, 0.25) is 10.0 Å². The number of aliphatic hydroxyl groups excluding tert-OH is 1. The SMILES string of the molecule is CC(C)(C)CC(O)CNS(=O)(=O)c1ccc(Br)cc1Cl. The van der Waals surface area contributed by atoms with Crippen molar-refractivity contribution < 1.29 is 13.5 Å². The Morgan fingerprint density at radius 3 is 2.50 bits per heavy atom. The van der Waals surface area contributed by atoms with Gasteiger partial charge in [-0.2, -0.15) is 0 Å². The lowest BCUT2D eigenvalue weighted by Crippen LogP contribution is -2.34. The maximum absolute atomic E-state index is 12.1. The Bertz CT molecular complexity index is 569. The average molecular weight is 385 g/mol. The maximum Gasteiger partial charge on any atom is 0.242 e. The smallest absolute Gasteiger partial charge is 0.242 e. The largest absolute Gasteiger partial charge is 0.392 e. The molecule has 114 valence electrons. The van der Waals surface area contributed by atoms with E-state index in [2.05, 4.69) is 20.7 Å². The molecule has 0 saturated carbocycles. The molecule has 1 unspecified atom stereocenters. The van der Waals surface area contributed by atoms with Crippen LogP contribution in [-0.4, -0.2) is 26.2 Å². The van der Waals surface area contributed by atoms with Crippen LogP contribution in [0.3, 0.4) is 0 Å². The standard InChI is InChI=1S/C13H19BrClNO3S/c1-13(2,3)7-10(17)8-16-20(18,19)12-5-4-9(14)6-11(12)15/h4-6,10,16-17H,7-8H2,1-3H3. The molecule has 0 amide bonds. The summed E-state index contributed by atoms with van der Waals surface area (Å²) in [5.41, 5.74) is -0.0693. The summed E-state index contributed by atoms with van der Waals surface area (Å²) in [4.78, 5) is 0.00493. The van der Waals surface area contributed by atoms with Crippen molar-refractivity contribution in [1.29, 1.82) is 0 Å². The minimum atomic E-state index is -3.72. The summed E-state index contributed by atoms with van der Waals surface area (Å²) in [7, 11) is -3.72. The highest BCUT2D eigenvalue weighted by molar-refractivity contribution is 9.10. The molecule has 20 heavy (non-hydrogen) atoms. The molecule has 0 aromatic heterocycles. The first kappa shape index (κ1) is 17.9. The second kappa shape index (κ2) is 6.75. The highest BCUT2D eigenvalue weighted by Gasteiger charge is 2.21. The zero-order valence-electron chi connectivity index (χ0n) is 11.7. The van der Waals surface area contributed by atoms with Crippen LogP contribution in [0.25, 0.3) is 0 Å². The fourth-order valence-electron chi connectivity index (χ4n) is 1.76. The summed E-state index contributed by atoms with van der Waals surface area (Å²) >= 11 is 9.14. The number of rotatable bonds is 5. The molecule has 0 aliphatic heterocycles. The zero-order chi connectivity index (χ0) is 15.6. The lowest BCUT2D eigenvalue weighted by molar-refractivity contribution is 0.125. The third kappa shape index (κ3) is 5.69. The van der Waals surface area contributed by atoms with Crippen LogP contribution in [0.1, 0.15) is 27.2 Å². The van der Waals surface area contributed by atoms with Gasteiger partial charge in [-0.3, -0.25) is 0 Å². The number of hydrogen-bond acceptors (Lipinski definition) is 3. The summed E-state index contributed by atoms with van der Waals surface area (Å²) in [6, 6.07) is 4.54. The molecule has 0 radical (unpaired) electrons. The van der Waals surface area contributed by atoms with E-state index in [0.29, 0.717) is 10.9 Å². The molecule has 0 saturated heterocycles. The number of aliphatic hydroxyl groups is 1. The van der Waals surface area contributed by atoms with Crippen LogP contribution in [0.15, 0.2) is 27.6 Å². The number of sulfonamides is 1. The zero-order valence-corrected chi connectivity index (χ0v) is 14.8. The van der Waals surface area contributed by atoms with E-state index in [1.54, 1.807) is 6.07 Å². The molecule has 0 spiro atoms. The van der Waals surface area contributed by atoms with Crippen molar-refractivity contribution in [3.05, 3.63) is 27.7 Å². The van der Waals surface area contributed by atoms with Crippen molar-refractivity contribution in [1.82, 2.24) is 4.72 Å². The Labute approximate surface area is 133 Å². The van der Waals surface area contributed by atoms with Gasteiger partial charge in [-0.25, -0.2) is 13.1 Å². The fourth-order valence-corrected chi connectivity index (χ4v) is 3.86. The van der Waals surface area contributed by atoms with Crippen molar-refractivity contribution >= 4 is 37.6 Å². The van der Waals surface area contributed by atoms with E-state index in [9.17, 15) is 13.5 Å². The first-order valence-electron chi connectivity index (χ1n) is 6.14. The fraction of sp³-hybridized carbons (Fsp3) is 0.538. The predicted octanol–water partition coefficient (Wildman–Crippen LogP) is 3.18. The van der Waals surface area contributed by atoms with Gasteiger partial charge in [0.1, 0.15) is 4.90 Å². The van der Waals surface area contributed by atoms with Crippen molar-refractivity contribution in [2.75, 3.05) is 6.54 Å². The van der Waals surface area contributed by atoms with Crippen LogP contribution >= 0.6 is 27.5 Å². The van der Waals surface area contributed by atoms with Gasteiger partial charge >= 0.3 is 0 Å². The molecule has 0 bridgehead atoms. The second-order valence-corrected chi connectivity index (χ2v) is 8.90. The number of halogens is 2. The summed E-state index contributed by atoms with van der Waals surface area (Å²) in [6.07, 6.45) is -0.233. The molecule has 7 heteroatoms. The number of benzene rings is 1. The molecule has 0 aliphatic carbocycles. The van der Waals surface area contributed by atoms with Crippen LogP contribution in [0.4, 0.5) is 0 Å². The predicted molar refractivity (Wildman–Crippen MR) is 84.4 cm³/mol. The summed E-state index contributed by atoms with van der Waals surface area (Å²) in [6.45, 7) is 5.91. The van der Waals surface area contributed by atoms with Crippen LogP contribution < -0.4 is 4.72 Å². The van der Waals surface area contributed by atoms with E-state index >= 15 is 0 Å². The highest BCUT2D eigenvalue weighted by Crippen LogP contribution is 2.25. The lowest BCUT2D eigenvalue weighted by Gasteiger charge is -2.22. The highest BCUT2D eigenvalue weighted by atomic mass is 79.9. The normalized spacial score (nSPS) is 14.3. The van der Waals surface area contributed by atoms with Gasteiger partial charge in [0.25, 0.3) is 0 Å². The van der Waals surface area contributed by atoms with Crippen molar-refractivity contribution in [3.63, 3.8) is 0 Å². The minimum Gasteiger partial charge on any atom is -0.392 e. The van der Waals surface area contributed by atoms with Gasteiger partial charge in [0, 0.05) is 11.0 Å². The van der Waals surface area contributed by atoms with E-state index in [-0.39, 0.29) is 21.9 Å². The molecule has 1 atom stereocenters. The monoisotopic (exact) mass is 383 g/mol. The molecule has 1 aromatic carbocycles. The molecule has 1 rings (SSSR count). The van der Waals surface area contributed by atoms with Crippen LogP contribution in [-0.2, 0) is 10.0 Å². The third-order valence-electron chi connectivity index (χ3n) is 2.54. The molecule has 0 heterocycles. The number of hydrogen-bond donors (Lipinski definition) is 2. The first-order valence-corrected chi connectivity index (χ1v) is 8.79. The van der Waals surface area contributed by atoms with Gasteiger partial charge in [-0.1, -0.05) is 48.3 Å². The van der Waals surface area contributed by atoms with Crippen molar-refractivity contribution in [2.24, 2.45) is 5.41 Å². The summed E-state index contributed by atoms with van der Waals surface area (Å²) in [5, 5.41) is 9.98. The average Bonchev–Trinajstić information content (AvgIpc) is 2.23. The molecule has 0 aliphatic rings. The van der Waals surface area contributed by atoms with E-state index in [1.165, 1.54) is 12.1 Å². The molecule has 4 nitrogen and oxygen atoms in total. The van der Waals surface area contributed by atoms with Crippen LogP contribution in [0, 0.1) is 5.41 Å². The Kier molecular flexibility index (Phi) is 6.04. The van der Waals surface area contributed by atoms with Gasteiger partial charge in [-0.05, 0) is 30.0 Å². The molecule has 2 N–H and O–H groups in total. The maximum atomic E-state index is 12.1. The topological polar surface area (TPSA) is 66.4 Å². The quantitative estimate of drug-likeness (QED) is 0.819. The van der Waals surface area contributed by atoms with E-state index in [1.807, 2.05) is 20.8 Å². The van der Waals surface area contributed by atoms with Crippen LogP contribution in [0.5, 0.6) is 0 Å². The summed E-state index contributed by atoms with van der Waals surface area (Å²) in [5.74, 6) is 0. The summed E-state index contributed by atoms with van der Waals surface area (Å²) < 4.78 is 27.3. The molecular formula is C13H19BrClNO3S. The molecule has 0 fully saturated rings. The van der Waals surface area contributed by atoms with Gasteiger partial charge in [0.05, 0.1) is 11.1 Å². The minimum absolute atomic E-state index is 0.00493.